The second kappa shape index (κ2) is 5.06. The Morgan fingerprint density at radius 2 is 1.83 bits per heavy atom. The smallest absolute Gasteiger partial charge is 0.0835 e. The lowest BCUT2D eigenvalue weighted by Gasteiger charge is -2.66. The summed E-state index contributed by atoms with van der Waals surface area (Å²) in [4.78, 5) is 0. The summed E-state index contributed by atoms with van der Waals surface area (Å²) in [5.41, 5.74) is -0.228. The number of rotatable bonds is 1. The van der Waals surface area contributed by atoms with Crippen LogP contribution in [-0.2, 0) is 0 Å². The average Bonchev–Trinajstić information content (AvgIpc) is 2.72. The van der Waals surface area contributed by atoms with Gasteiger partial charge in [0.25, 0.3) is 0 Å². The van der Waals surface area contributed by atoms with Gasteiger partial charge in [0.15, 0.2) is 0 Å². The first kappa shape index (κ1) is 17.0. The number of hydrogen-bond acceptors (Lipinski definition) is 4. The van der Waals surface area contributed by atoms with Gasteiger partial charge in [0.05, 0.1) is 18.3 Å². The summed E-state index contributed by atoms with van der Waals surface area (Å²) in [6, 6.07) is 0. The largest absolute Gasteiger partial charge is 0.396 e. The summed E-state index contributed by atoms with van der Waals surface area (Å²) < 4.78 is 0. The van der Waals surface area contributed by atoms with Crippen LogP contribution in [0.3, 0.4) is 0 Å². The van der Waals surface area contributed by atoms with E-state index in [1.54, 1.807) is 0 Å². The normalized spacial score (nSPS) is 59.8. The Hall–Kier alpha value is -0.420. The second-order valence-electron chi connectivity index (χ2n) is 9.75. The maximum Gasteiger partial charge on any atom is 0.0835 e. The Labute approximate surface area is 144 Å². The molecule has 1 spiro atoms. The fourth-order valence-electron chi connectivity index (χ4n) is 7.71. The molecular weight excluding hydrogens is 304 g/mol. The summed E-state index contributed by atoms with van der Waals surface area (Å²) in [6.07, 6.45) is 3.10. The topological polar surface area (TPSA) is 80.9 Å². The van der Waals surface area contributed by atoms with E-state index in [0.717, 1.165) is 31.3 Å². The van der Waals surface area contributed by atoms with Crippen molar-refractivity contribution < 1.29 is 20.4 Å². The zero-order chi connectivity index (χ0) is 17.5. The fourth-order valence-corrected chi connectivity index (χ4v) is 7.71. The van der Waals surface area contributed by atoms with Gasteiger partial charge in [-0.15, -0.1) is 0 Å². The van der Waals surface area contributed by atoms with E-state index in [-0.39, 0.29) is 35.2 Å². The van der Waals surface area contributed by atoms with Crippen LogP contribution in [0.1, 0.15) is 52.4 Å². The maximum absolute atomic E-state index is 11.2. The van der Waals surface area contributed by atoms with E-state index in [4.69, 9.17) is 0 Å². The molecule has 136 valence electrons. The van der Waals surface area contributed by atoms with Crippen molar-refractivity contribution in [3.63, 3.8) is 0 Å². The molecule has 0 unspecified atom stereocenters. The molecule has 4 saturated carbocycles. The molecule has 4 aliphatic carbocycles. The van der Waals surface area contributed by atoms with Gasteiger partial charge in [-0.1, -0.05) is 26.8 Å². The molecule has 4 aliphatic rings. The third-order valence-electron chi connectivity index (χ3n) is 8.73. The van der Waals surface area contributed by atoms with Gasteiger partial charge in [0.2, 0.25) is 0 Å². The molecule has 24 heavy (non-hydrogen) atoms. The predicted octanol–water partition coefficient (Wildman–Crippen LogP) is 1.86. The lowest BCUT2D eigenvalue weighted by atomic mass is 9.39. The highest BCUT2D eigenvalue weighted by atomic mass is 16.3. The van der Waals surface area contributed by atoms with Crippen molar-refractivity contribution in [1.29, 1.82) is 0 Å². The molecule has 0 aliphatic heterocycles. The van der Waals surface area contributed by atoms with Gasteiger partial charge in [0, 0.05) is 17.9 Å². The minimum absolute atomic E-state index is 0.119. The summed E-state index contributed by atoms with van der Waals surface area (Å²) in [7, 11) is 0. The molecule has 9 atom stereocenters. The van der Waals surface area contributed by atoms with E-state index < -0.39 is 23.7 Å². The minimum atomic E-state index is -0.722. The molecule has 4 fully saturated rings. The van der Waals surface area contributed by atoms with E-state index in [9.17, 15) is 20.4 Å². The van der Waals surface area contributed by atoms with E-state index in [0.29, 0.717) is 12.8 Å². The third-order valence-corrected chi connectivity index (χ3v) is 8.73. The van der Waals surface area contributed by atoms with Crippen LogP contribution >= 0.6 is 0 Å². The summed E-state index contributed by atoms with van der Waals surface area (Å²) in [5.74, 6) is 0.158. The van der Waals surface area contributed by atoms with Crippen LogP contribution in [0.25, 0.3) is 0 Å². The van der Waals surface area contributed by atoms with Crippen LogP contribution in [0.5, 0.6) is 0 Å². The molecule has 0 aromatic heterocycles. The maximum atomic E-state index is 11.2. The molecule has 0 aromatic carbocycles. The number of fused-ring (bicyclic) bond motifs is 3. The molecule has 4 rings (SSSR count). The number of aliphatic hydroxyl groups excluding tert-OH is 4. The Morgan fingerprint density at radius 3 is 2.50 bits per heavy atom. The van der Waals surface area contributed by atoms with Crippen molar-refractivity contribution in [2.45, 2.75) is 70.7 Å². The second-order valence-corrected chi connectivity index (χ2v) is 9.75. The van der Waals surface area contributed by atoms with Crippen molar-refractivity contribution in [2.75, 3.05) is 6.61 Å². The molecule has 4 heteroatoms. The molecule has 0 aromatic rings. The van der Waals surface area contributed by atoms with E-state index in [1.807, 2.05) is 0 Å². The van der Waals surface area contributed by atoms with Crippen LogP contribution in [-0.4, -0.2) is 45.3 Å². The molecule has 0 radical (unpaired) electrons. The van der Waals surface area contributed by atoms with Gasteiger partial charge in [-0.2, -0.15) is 0 Å². The van der Waals surface area contributed by atoms with Crippen molar-refractivity contribution in [3.05, 3.63) is 12.2 Å². The highest BCUT2D eigenvalue weighted by Gasteiger charge is 2.72. The molecule has 0 saturated heterocycles. The van der Waals surface area contributed by atoms with Crippen molar-refractivity contribution in [2.24, 2.45) is 34.0 Å². The van der Waals surface area contributed by atoms with Crippen LogP contribution in [0.4, 0.5) is 0 Å². The van der Waals surface area contributed by atoms with E-state index in [2.05, 4.69) is 20.4 Å². The molecule has 4 N–H and O–H groups in total. The highest BCUT2D eigenvalue weighted by molar-refractivity contribution is 5.30. The number of hydrogen-bond donors (Lipinski definition) is 4. The zero-order valence-electron chi connectivity index (χ0n) is 14.9. The minimum Gasteiger partial charge on any atom is -0.396 e. The van der Waals surface area contributed by atoms with Gasteiger partial charge in [-0.05, 0) is 60.3 Å². The molecule has 0 heterocycles. The van der Waals surface area contributed by atoms with Crippen molar-refractivity contribution in [3.8, 4) is 0 Å². The van der Waals surface area contributed by atoms with Gasteiger partial charge < -0.3 is 20.4 Å². The van der Waals surface area contributed by atoms with Crippen LogP contribution in [0.2, 0.25) is 0 Å². The molecule has 4 nitrogen and oxygen atoms in total. The summed E-state index contributed by atoms with van der Waals surface area (Å²) in [5, 5.41) is 43.3. The summed E-state index contributed by atoms with van der Waals surface area (Å²) >= 11 is 0. The van der Waals surface area contributed by atoms with Gasteiger partial charge in [-0.25, -0.2) is 0 Å². The Morgan fingerprint density at radius 1 is 1.12 bits per heavy atom. The SMILES string of the molecule is C=C1[C@@H]2C[C@H](O)[C@H]3[C@]4(C)CCC[C@@](C)(CO)[C@H]4C[C@H](O)[C@]3(C2)[C@H]1O. The highest BCUT2D eigenvalue weighted by Crippen LogP contribution is 2.71. The Bertz CT molecular complexity index is 562. The van der Waals surface area contributed by atoms with Gasteiger partial charge in [-0.3, -0.25) is 0 Å². The molecule has 2 bridgehead atoms. The third kappa shape index (κ3) is 1.78. The molecule has 0 amide bonds. The number of aliphatic hydroxyl groups is 4. The zero-order valence-corrected chi connectivity index (χ0v) is 14.9. The van der Waals surface area contributed by atoms with Crippen molar-refractivity contribution in [1.82, 2.24) is 0 Å². The molecular formula is C20H32O4. The first-order chi connectivity index (χ1) is 11.2. The fraction of sp³-hybridized carbons (Fsp3) is 0.900. The van der Waals surface area contributed by atoms with Crippen LogP contribution in [0.15, 0.2) is 12.2 Å². The van der Waals surface area contributed by atoms with Crippen LogP contribution in [0, 0.1) is 34.0 Å². The van der Waals surface area contributed by atoms with Gasteiger partial charge >= 0.3 is 0 Å². The average molecular weight is 336 g/mol. The lowest BCUT2D eigenvalue weighted by Crippen LogP contribution is -2.67. The van der Waals surface area contributed by atoms with Crippen molar-refractivity contribution >= 4 is 0 Å². The quantitative estimate of drug-likeness (QED) is 0.551. The van der Waals surface area contributed by atoms with E-state index >= 15 is 0 Å². The first-order valence-electron chi connectivity index (χ1n) is 9.54. The van der Waals surface area contributed by atoms with E-state index in [1.165, 1.54) is 0 Å². The Balaban J connectivity index is 1.85. The lowest BCUT2D eigenvalue weighted by molar-refractivity contribution is -0.251. The van der Waals surface area contributed by atoms with Gasteiger partial charge in [0.1, 0.15) is 0 Å². The predicted molar refractivity (Wildman–Crippen MR) is 91.1 cm³/mol. The summed E-state index contributed by atoms with van der Waals surface area (Å²) in [6.45, 7) is 8.57. The standard InChI is InChI=1S/C20H32O4/c1-11-12-7-13(22)16-19(3)6-4-5-18(2,10-21)14(19)8-15(23)20(16,9-12)17(11)24/h12-17,21-24H,1,4-10H2,2-3H3/t12-,13+,14-,15+,16+,17+,18+,19-,20+/m1/s1. The first-order valence-corrected chi connectivity index (χ1v) is 9.54. The monoisotopic (exact) mass is 336 g/mol. The Kier molecular flexibility index (Phi) is 3.59. The van der Waals surface area contributed by atoms with Crippen LogP contribution < -0.4 is 0 Å².